The Morgan fingerprint density at radius 1 is 1.31 bits per heavy atom. The fourth-order valence-electron chi connectivity index (χ4n) is 0.992. The van der Waals surface area contributed by atoms with Gasteiger partial charge in [-0.3, -0.25) is 0 Å². The molecule has 0 heterocycles. The number of carbonyl (C=O) groups is 1. The molecule has 4 N–H and O–H groups in total. The summed E-state index contributed by atoms with van der Waals surface area (Å²) in [5.41, 5.74) is 1.06. The van der Waals surface area contributed by atoms with E-state index in [-0.39, 0.29) is 16.9 Å². The van der Waals surface area contributed by atoms with Gasteiger partial charge in [-0.2, -0.15) is 0 Å². The summed E-state index contributed by atoms with van der Waals surface area (Å²) < 4.78 is 4.73. The minimum atomic E-state index is -0.306. The van der Waals surface area contributed by atoms with Crippen LogP contribution < -0.4 is 5.46 Å². The van der Waals surface area contributed by atoms with E-state index in [4.69, 9.17) is 4.74 Å². The van der Waals surface area contributed by atoms with Crippen molar-refractivity contribution >= 4 is 18.7 Å². The summed E-state index contributed by atoms with van der Waals surface area (Å²) in [4.78, 5) is 10.9. The van der Waals surface area contributed by atoms with Gasteiger partial charge < -0.3 is 15.7 Å². The molecule has 0 aliphatic rings. The summed E-state index contributed by atoms with van der Waals surface area (Å²) in [6.45, 7) is 2.20. The Bertz CT molecular complexity index is 311. The standard InChI is InChI=1S/C11H12BO2.2H2O/c1-2-14-11(13)8-9-12-10-6-4-3-5-7-10;;/h3-9H,2H2,1H3;2*1H2. The summed E-state index contributed by atoms with van der Waals surface area (Å²) in [6, 6.07) is 9.78. The Morgan fingerprint density at radius 3 is 2.50 bits per heavy atom. The zero-order chi connectivity index (χ0) is 10.2. The molecule has 0 unspecified atom stereocenters. The second-order valence-electron chi connectivity index (χ2n) is 2.69. The number of ether oxygens (including phenoxy) is 1. The summed E-state index contributed by atoms with van der Waals surface area (Å²) in [5.74, 6) is 1.38. The number of hydrogen-bond acceptors (Lipinski definition) is 2. The van der Waals surface area contributed by atoms with Crippen molar-refractivity contribution in [1.82, 2.24) is 0 Å². The largest absolute Gasteiger partial charge is 0.463 e. The molecular formula is C11H16BO4. The first-order valence-corrected chi connectivity index (χ1v) is 4.56. The topological polar surface area (TPSA) is 89.3 Å². The minimum Gasteiger partial charge on any atom is -0.463 e. The highest BCUT2D eigenvalue weighted by molar-refractivity contribution is 6.58. The van der Waals surface area contributed by atoms with Crippen LogP contribution in [0.4, 0.5) is 0 Å². The number of carbonyl (C=O) groups excluding carboxylic acids is 1. The van der Waals surface area contributed by atoms with Gasteiger partial charge in [-0.15, -0.1) is 5.98 Å². The predicted molar refractivity (Wildman–Crippen MR) is 64.8 cm³/mol. The molecule has 0 saturated heterocycles. The van der Waals surface area contributed by atoms with Gasteiger partial charge in [-0.05, 0) is 6.92 Å². The highest BCUT2D eigenvalue weighted by atomic mass is 16.5. The first-order chi connectivity index (χ1) is 6.83. The molecule has 0 fully saturated rings. The van der Waals surface area contributed by atoms with E-state index in [9.17, 15) is 4.79 Å². The van der Waals surface area contributed by atoms with Crippen LogP contribution in [-0.4, -0.2) is 30.8 Å². The van der Waals surface area contributed by atoms with Crippen molar-refractivity contribution in [2.75, 3.05) is 6.61 Å². The monoisotopic (exact) mass is 223 g/mol. The van der Waals surface area contributed by atoms with Gasteiger partial charge in [0.05, 0.1) is 6.61 Å². The number of benzene rings is 1. The fourth-order valence-corrected chi connectivity index (χ4v) is 0.992. The van der Waals surface area contributed by atoms with E-state index in [0.29, 0.717) is 6.61 Å². The van der Waals surface area contributed by atoms with Crippen LogP contribution in [0.25, 0.3) is 0 Å². The zero-order valence-electron chi connectivity index (χ0n) is 9.14. The SMILES string of the molecule is CCOC(=O)C=C[B]c1ccccc1.O.O. The summed E-state index contributed by atoms with van der Waals surface area (Å²) in [6.07, 6.45) is 1.41. The second kappa shape index (κ2) is 9.95. The third kappa shape index (κ3) is 6.81. The van der Waals surface area contributed by atoms with E-state index in [2.05, 4.69) is 0 Å². The van der Waals surface area contributed by atoms with E-state index in [1.165, 1.54) is 6.08 Å². The third-order valence-corrected chi connectivity index (χ3v) is 1.61. The molecule has 0 saturated carbocycles. The lowest BCUT2D eigenvalue weighted by Crippen LogP contribution is -2.11. The normalized spacial score (nSPS) is 8.81. The van der Waals surface area contributed by atoms with Crippen LogP contribution in [-0.2, 0) is 9.53 Å². The molecular weight excluding hydrogens is 207 g/mol. The molecule has 1 rings (SSSR count). The Hall–Kier alpha value is -1.59. The lowest BCUT2D eigenvalue weighted by molar-refractivity contribution is -0.137. The van der Waals surface area contributed by atoms with E-state index in [0.717, 1.165) is 5.46 Å². The zero-order valence-corrected chi connectivity index (χ0v) is 9.14. The Labute approximate surface area is 95.8 Å². The average Bonchev–Trinajstić information content (AvgIpc) is 2.20. The van der Waals surface area contributed by atoms with Gasteiger partial charge in [-0.1, -0.05) is 35.8 Å². The van der Waals surface area contributed by atoms with Crippen LogP contribution in [0.1, 0.15) is 6.92 Å². The molecule has 0 atom stereocenters. The van der Waals surface area contributed by atoms with E-state index in [1.807, 2.05) is 37.6 Å². The van der Waals surface area contributed by atoms with E-state index >= 15 is 0 Å². The van der Waals surface area contributed by atoms with Gasteiger partial charge in [0.25, 0.3) is 0 Å². The highest BCUT2D eigenvalue weighted by Gasteiger charge is 1.93. The number of esters is 1. The molecule has 0 aromatic heterocycles. The lowest BCUT2D eigenvalue weighted by atomic mass is 9.70. The molecule has 0 aliphatic carbocycles. The number of rotatable bonds is 4. The molecule has 87 valence electrons. The molecule has 4 nitrogen and oxygen atoms in total. The minimum absolute atomic E-state index is 0. The Balaban J connectivity index is 0. The van der Waals surface area contributed by atoms with Crippen molar-refractivity contribution in [3.05, 3.63) is 42.4 Å². The van der Waals surface area contributed by atoms with Crippen LogP contribution in [0.2, 0.25) is 0 Å². The molecule has 1 radical (unpaired) electrons. The first-order valence-electron chi connectivity index (χ1n) is 4.56. The molecule has 0 bridgehead atoms. The van der Waals surface area contributed by atoms with Gasteiger partial charge >= 0.3 is 5.97 Å². The van der Waals surface area contributed by atoms with Gasteiger partial charge in [0.15, 0.2) is 7.28 Å². The molecule has 1 aromatic carbocycles. The predicted octanol–water partition coefficient (Wildman–Crippen LogP) is -0.556. The summed E-state index contributed by atoms with van der Waals surface area (Å²) in [7, 11) is 1.86. The smallest absolute Gasteiger partial charge is 0.329 e. The van der Waals surface area contributed by atoms with Crippen molar-refractivity contribution in [1.29, 1.82) is 0 Å². The fraction of sp³-hybridized carbons (Fsp3) is 0.182. The molecule has 0 spiro atoms. The van der Waals surface area contributed by atoms with E-state index in [1.54, 1.807) is 12.9 Å². The quantitative estimate of drug-likeness (QED) is 0.389. The Morgan fingerprint density at radius 2 is 1.94 bits per heavy atom. The van der Waals surface area contributed by atoms with Gasteiger partial charge in [0, 0.05) is 6.08 Å². The molecule has 0 amide bonds. The van der Waals surface area contributed by atoms with Crippen LogP contribution >= 0.6 is 0 Å². The van der Waals surface area contributed by atoms with Gasteiger partial charge in [0.2, 0.25) is 0 Å². The van der Waals surface area contributed by atoms with Gasteiger partial charge in [0.1, 0.15) is 0 Å². The van der Waals surface area contributed by atoms with Crippen molar-refractivity contribution in [2.45, 2.75) is 6.92 Å². The van der Waals surface area contributed by atoms with Crippen molar-refractivity contribution in [3.8, 4) is 0 Å². The Kier molecular flexibility index (Phi) is 10.5. The summed E-state index contributed by atoms with van der Waals surface area (Å²) >= 11 is 0. The molecule has 5 heteroatoms. The van der Waals surface area contributed by atoms with Crippen molar-refractivity contribution < 1.29 is 20.5 Å². The van der Waals surface area contributed by atoms with Crippen LogP contribution in [0.5, 0.6) is 0 Å². The first kappa shape index (κ1) is 16.8. The van der Waals surface area contributed by atoms with E-state index < -0.39 is 0 Å². The maximum Gasteiger partial charge on any atom is 0.329 e. The average molecular weight is 223 g/mol. The maximum absolute atomic E-state index is 10.9. The van der Waals surface area contributed by atoms with Crippen LogP contribution in [0, 0.1) is 0 Å². The van der Waals surface area contributed by atoms with Crippen LogP contribution in [0.3, 0.4) is 0 Å². The van der Waals surface area contributed by atoms with Crippen molar-refractivity contribution in [3.63, 3.8) is 0 Å². The molecule has 0 aliphatic heterocycles. The highest BCUT2D eigenvalue weighted by Crippen LogP contribution is 1.83. The molecule has 1 aromatic rings. The van der Waals surface area contributed by atoms with Gasteiger partial charge in [-0.25, -0.2) is 4.79 Å². The third-order valence-electron chi connectivity index (χ3n) is 1.61. The maximum atomic E-state index is 10.9. The van der Waals surface area contributed by atoms with Crippen LogP contribution in [0.15, 0.2) is 42.4 Å². The molecule has 16 heavy (non-hydrogen) atoms. The summed E-state index contributed by atoms with van der Waals surface area (Å²) in [5, 5.41) is 0. The lowest BCUT2D eigenvalue weighted by Gasteiger charge is -1.94. The second-order valence-corrected chi connectivity index (χ2v) is 2.69. The number of hydrogen-bond donors (Lipinski definition) is 0. The van der Waals surface area contributed by atoms with Crippen molar-refractivity contribution in [2.24, 2.45) is 0 Å².